The normalized spacial score (nSPS) is 11.1. The van der Waals surface area contributed by atoms with Gasteiger partial charge in [-0.2, -0.15) is 0 Å². The second-order valence-corrected chi connectivity index (χ2v) is 6.07. The number of hydrogen-bond donors (Lipinski definition) is 0. The Balaban J connectivity index is 1.63. The number of benzene rings is 1. The van der Waals surface area contributed by atoms with Gasteiger partial charge in [-0.3, -0.25) is 4.90 Å². The van der Waals surface area contributed by atoms with Crippen molar-refractivity contribution >= 4 is 11.3 Å². The van der Waals surface area contributed by atoms with Crippen molar-refractivity contribution in [2.45, 2.75) is 13.1 Å². The highest BCUT2D eigenvalue weighted by molar-refractivity contribution is 7.13. The van der Waals surface area contributed by atoms with E-state index < -0.39 is 0 Å². The number of rotatable bonds is 6. The summed E-state index contributed by atoms with van der Waals surface area (Å²) in [6, 6.07) is 8.81. The quantitative estimate of drug-likeness (QED) is 0.690. The Morgan fingerprint density at radius 2 is 2.13 bits per heavy atom. The molecule has 0 aliphatic carbocycles. The maximum atomic E-state index is 13.7. The van der Waals surface area contributed by atoms with Crippen molar-refractivity contribution in [3.05, 3.63) is 53.0 Å². The van der Waals surface area contributed by atoms with Gasteiger partial charge in [0.1, 0.15) is 0 Å². The molecule has 2 aromatic heterocycles. The molecule has 1 aromatic carbocycles. The van der Waals surface area contributed by atoms with Crippen LogP contribution in [0, 0.1) is 5.82 Å². The molecule has 0 fully saturated rings. The second kappa shape index (κ2) is 6.89. The lowest BCUT2D eigenvalue weighted by molar-refractivity contribution is 0.282. The number of thiophene rings is 1. The topological polar surface area (TPSA) is 51.4 Å². The van der Waals surface area contributed by atoms with Crippen molar-refractivity contribution in [1.29, 1.82) is 0 Å². The predicted octanol–water partition coefficient (Wildman–Crippen LogP) is 3.58. The van der Waals surface area contributed by atoms with Crippen LogP contribution in [0.4, 0.5) is 4.39 Å². The molecule has 0 spiro atoms. The first kappa shape index (κ1) is 15.6. The van der Waals surface area contributed by atoms with Crippen LogP contribution in [0.2, 0.25) is 0 Å². The zero-order chi connectivity index (χ0) is 16.2. The number of methoxy groups -OCH3 is 1. The van der Waals surface area contributed by atoms with E-state index in [1.54, 1.807) is 17.4 Å². The molecular weight excluding hydrogens is 317 g/mol. The van der Waals surface area contributed by atoms with E-state index in [0.29, 0.717) is 24.9 Å². The summed E-state index contributed by atoms with van der Waals surface area (Å²) in [6.45, 7) is 1.06. The lowest BCUT2D eigenvalue weighted by Crippen LogP contribution is -2.17. The van der Waals surface area contributed by atoms with Crippen LogP contribution in [0.5, 0.6) is 5.75 Å². The van der Waals surface area contributed by atoms with E-state index in [1.165, 1.54) is 13.2 Å². The summed E-state index contributed by atoms with van der Waals surface area (Å²) in [7, 11) is 3.36. The third-order valence-corrected chi connectivity index (χ3v) is 4.13. The first-order valence-electron chi connectivity index (χ1n) is 7.03. The molecule has 7 heteroatoms. The Hall–Kier alpha value is -2.25. The molecule has 0 N–H and O–H groups in total. The summed E-state index contributed by atoms with van der Waals surface area (Å²) in [5.74, 6) is 0.939. The molecule has 0 amide bonds. The van der Waals surface area contributed by atoms with Gasteiger partial charge in [0.15, 0.2) is 11.6 Å². The van der Waals surface area contributed by atoms with Crippen molar-refractivity contribution in [1.82, 2.24) is 15.1 Å². The van der Waals surface area contributed by atoms with Gasteiger partial charge < -0.3 is 9.15 Å². The highest BCUT2D eigenvalue weighted by Crippen LogP contribution is 2.23. The molecule has 2 heterocycles. The largest absolute Gasteiger partial charge is 0.494 e. The Kier molecular flexibility index (Phi) is 4.68. The smallest absolute Gasteiger partial charge is 0.257 e. The van der Waals surface area contributed by atoms with Crippen molar-refractivity contribution in [3.63, 3.8) is 0 Å². The molecule has 0 bridgehead atoms. The van der Waals surface area contributed by atoms with Gasteiger partial charge in [0, 0.05) is 6.54 Å². The summed E-state index contributed by atoms with van der Waals surface area (Å²) >= 11 is 1.55. The molecule has 0 aliphatic rings. The van der Waals surface area contributed by atoms with Crippen LogP contribution in [0.25, 0.3) is 10.8 Å². The monoisotopic (exact) mass is 333 g/mol. The van der Waals surface area contributed by atoms with Crippen molar-refractivity contribution in [3.8, 4) is 16.5 Å². The molecule has 120 valence electrons. The van der Waals surface area contributed by atoms with Gasteiger partial charge in [0.25, 0.3) is 5.89 Å². The standard InChI is InChI=1S/C16H16FN3O2S/c1-20(9-11-5-6-13(21-2)12(17)8-11)10-15-18-19-16(22-15)14-4-3-7-23-14/h3-8H,9-10H2,1-2H3. The molecule has 0 saturated heterocycles. The minimum Gasteiger partial charge on any atom is -0.494 e. The average molecular weight is 333 g/mol. The summed E-state index contributed by atoms with van der Waals surface area (Å²) in [5, 5.41) is 10.1. The second-order valence-electron chi connectivity index (χ2n) is 5.12. The van der Waals surface area contributed by atoms with Crippen LogP contribution >= 0.6 is 11.3 Å². The third-order valence-electron chi connectivity index (χ3n) is 3.27. The Bertz CT molecular complexity index is 773. The summed E-state index contributed by atoms with van der Waals surface area (Å²) < 4.78 is 24.3. The number of nitrogens with zero attached hydrogens (tertiary/aromatic N) is 3. The highest BCUT2D eigenvalue weighted by atomic mass is 32.1. The van der Waals surface area contributed by atoms with Crippen LogP contribution in [-0.4, -0.2) is 29.3 Å². The minimum atomic E-state index is -0.365. The first-order valence-corrected chi connectivity index (χ1v) is 7.91. The van der Waals surface area contributed by atoms with Gasteiger partial charge >= 0.3 is 0 Å². The zero-order valence-corrected chi connectivity index (χ0v) is 13.6. The molecule has 3 rings (SSSR count). The van der Waals surface area contributed by atoms with Gasteiger partial charge in [-0.05, 0) is 36.2 Å². The van der Waals surface area contributed by atoms with E-state index in [-0.39, 0.29) is 11.6 Å². The van der Waals surface area contributed by atoms with Gasteiger partial charge in [-0.1, -0.05) is 12.1 Å². The van der Waals surface area contributed by atoms with E-state index in [9.17, 15) is 4.39 Å². The van der Waals surface area contributed by atoms with Crippen molar-refractivity contribution in [2.75, 3.05) is 14.2 Å². The Labute approximate surface area is 137 Å². The van der Waals surface area contributed by atoms with Crippen LogP contribution in [0.3, 0.4) is 0 Å². The first-order chi connectivity index (χ1) is 11.2. The van der Waals surface area contributed by atoms with Gasteiger partial charge in [0.05, 0.1) is 18.5 Å². The number of halogens is 1. The Morgan fingerprint density at radius 3 is 2.83 bits per heavy atom. The highest BCUT2D eigenvalue weighted by Gasteiger charge is 2.12. The third kappa shape index (κ3) is 3.75. The van der Waals surface area contributed by atoms with E-state index in [0.717, 1.165) is 10.4 Å². The molecule has 0 atom stereocenters. The fourth-order valence-electron chi connectivity index (χ4n) is 2.22. The minimum absolute atomic E-state index is 0.244. The molecule has 3 aromatic rings. The predicted molar refractivity (Wildman–Crippen MR) is 85.7 cm³/mol. The van der Waals surface area contributed by atoms with Gasteiger partial charge in [-0.15, -0.1) is 21.5 Å². The van der Waals surface area contributed by atoms with E-state index in [2.05, 4.69) is 10.2 Å². The van der Waals surface area contributed by atoms with Crippen molar-refractivity contribution < 1.29 is 13.5 Å². The maximum absolute atomic E-state index is 13.7. The Morgan fingerprint density at radius 1 is 1.26 bits per heavy atom. The SMILES string of the molecule is COc1ccc(CN(C)Cc2nnc(-c3cccs3)o2)cc1F. The van der Waals surface area contributed by atoms with Gasteiger partial charge in [-0.25, -0.2) is 4.39 Å². The van der Waals surface area contributed by atoms with Crippen molar-refractivity contribution in [2.24, 2.45) is 0 Å². The maximum Gasteiger partial charge on any atom is 0.257 e. The van der Waals surface area contributed by atoms with Crippen LogP contribution < -0.4 is 4.74 Å². The van der Waals surface area contributed by atoms with Crippen LogP contribution in [0.15, 0.2) is 40.1 Å². The van der Waals surface area contributed by atoms with Gasteiger partial charge in [0.2, 0.25) is 5.89 Å². The molecule has 0 radical (unpaired) electrons. The van der Waals surface area contributed by atoms with E-state index in [4.69, 9.17) is 9.15 Å². The molecule has 0 saturated carbocycles. The molecule has 5 nitrogen and oxygen atoms in total. The zero-order valence-electron chi connectivity index (χ0n) is 12.8. The molecule has 0 aliphatic heterocycles. The lowest BCUT2D eigenvalue weighted by Gasteiger charge is -2.14. The summed E-state index contributed by atoms with van der Waals surface area (Å²) in [5.41, 5.74) is 0.851. The van der Waals surface area contributed by atoms with Crippen LogP contribution in [-0.2, 0) is 13.1 Å². The summed E-state index contributed by atoms with van der Waals surface area (Å²) in [4.78, 5) is 2.93. The molecular formula is C16H16FN3O2S. The molecule has 23 heavy (non-hydrogen) atoms. The van der Waals surface area contributed by atoms with E-state index in [1.807, 2.05) is 35.5 Å². The fourth-order valence-corrected chi connectivity index (χ4v) is 2.87. The number of ether oxygens (including phenoxy) is 1. The molecule has 0 unspecified atom stereocenters. The average Bonchev–Trinajstić information content (AvgIpc) is 3.18. The number of hydrogen-bond acceptors (Lipinski definition) is 6. The number of aromatic nitrogens is 2. The summed E-state index contributed by atoms with van der Waals surface area (Å²) in [6.07, 6.45) is 0. The lowest BCUT2D eigenvalue weighted by atomic mass is 10.2. The van der Waals surface area contributed by atoms with E-state index >= 15 is 0 Å². The van der Waals surface area contributed by atoms with Crippen LogP contribution in [0.1, 0.15) is 11.5 Å². The fraction of sp³-hybridized carbons (Fsp3) is 0.250.